The molecule has 2 fully saturated rings. The molecular weight excluding hydrogens is 320 g/mol. The zero-order chi connectivity index (χ0) is 19.7. The van der Waals surface area contributed by atoms with Crippen molar-refractivity contribution in [1.29, 1.82) is 0 Å². The quantitative estimate of drug-likeness (QED) is 0.522. The van der Waals surface area contributed by atoms with Gasteiger partial charge in [0.15, 0.2) is 0 Å². The first-order chi connectivity index (χ1) is 12.3. The summed E-state index contributed by atoms with van der Waals surface area (Å²) >= 11 is 0. The van der Waals surface area contributed by atoms with Gasteiger partial charge in [-0.2, -0.15) is 0 Å². The van der Waals surface area contributed by atoms with Crippen molar-refractivity contribution in [3.63, 3.8) is 0 Å². The van der Waals surface area contributed by atoms with Crippen LogP contribution >= 0.6 is 0 Å². The summed E-state index contributed by atoms with van der Waals surface area (Å²) in [6.45, 7) is 12.5. The summed E-state index contributed by atoms with van der Waals surface area (Å²) in [5.41, 5.74) is 14.9. The third kappa shape index (κ3) is 6.71. The number of amidine groups is 1. The average molecular weight is 361 g/mol. The lowest BCUT2D eigenvalue weighted by Crippen LogP contribution is -2.25. The Morgan fingerprint density at radius 1 is 1.04 bits per heavy atom. The Morgan fingerprint density at radius 3 is 2.23 bits per heavy atom. The van der Waals surface area contributed by atoms with Gasteiger partial charge in [-0.15, -0.1) is 0 Å². The molecule has 4 atom stereocenters. The van der Waals surface area contributed by atoms with E-state index in [1.54, 1.807) is 6.20 Å². The maximum Gasteiger partial charge on any atom is 0.149 e. The van der Waals surface area contributed by atoms with Gasteiger partial charge in [-0.1, -0.05) is 32.8 Å². The van der Waals surface area contributed by atoms with Crippen molar-refractivity contribution in [1.82, 2.24) is 0 Å². The van der Waals surface area contributed by atoms with Crippen LogP contribution in [0.2, 0.25) is 0 Å². The normalized spacial score (nSPS) is 28.7. The zero-order valence-electron chi connectivity index (χ0n) is 17.8. The molecule has 2 saturated carbocycles. The molecule has 0 heterocycles. The SMILES string of the molecule is CC1CCC2C(N)CCC12.CCC=NC(C(N)=N/C=C(\C)CC)=C(C)C. The Hall–Kier alpha value is -1.42. The van der Waals surface area contributed by atoms with Crippen molar-refractivity contribution < 1.29 is 0 Å². The molecule has 0 saturated heterocycles. The summed E-state index contributed by atoms with van der Waals surface area (Å²) in [5, 5.41) is 0. The molecule has 0 amide bonds. The standard InChI is InChI=1S/C13H23N3.C9H17N/c1-6-8-15-12(10(3)4)13(14)16-9-11(5)7-2;1-6-2-3-8-7(6)4-5-9(8)10/h8-9H,6-7H2,1-5H3,(H2,14,16);6-9H,2-5,10H2,1H3/b11-9+,15-8?;. The molecule has 4 heteroatoms. The van der Waals surface area contributed by atoms with Crippen LogP contribution in [0.15, 0.2) is 33.0 Å². The highest BCUT2D eigenvalue weighted by Gasteiger charge is 2.41. The fourth-order valence-electron chi connectivity index (χ4n) is 3.90. The smallest absolute Gasteiger partial charge is 0.149 e. The van der Waals surface area contributed by atoms with Crippen LogP contribution in [-0.4, -0.2) is 18.1 Å². The van der Waals surface area contributed by atoms with Crippen LogP contribution in [0, 0.1) is 17.8 Å². The van der Waals surface area contributed by atoms with Gasteiger partial charge in [0.25, 0.3) is 0 Å². The number of rotatable bonds is 5. The lowest BCUT2D eigenvalue weighted by molar-refractivity contribution is 0.363. The van der Waals surface area contributed by atoms with Crippen LogP contribution in [0.3, 0.4) is 0 Å². The topological polar surface area (TPSA) is 76.8 Å². The predicted octanol–water partition coefficient (Wildman–Crippen LogP) is 5.20. The predicted molar refractivity (Wildman–Crippen MR) is 115 cm³/mol. The van der Waals surface area contributed by atoms with E-state index in [1.165, 1.54) is 31.3 Å². The molecular formula is C22H40N4. The number of nitrogens with two attached hydrogens (primary N) is 2. The highest BCUT2D eigenvalue weighted by atomic mass is 14.9. The third-order valence-electron chi connectivity index (χ3n) is 5.72. The average Bonchev–Trinajstić information content (AvgIpc) is 3.16. The molecule has 2 aliphatic carbocycles. The van der Waals surface area contributed by atoms with Gasteiger partial charge in [0, 0.05) is 18.5 Å². The van der Waals surface area contributed by atoms with Crippen molar-refractivity contribution in [3.05, 3.63) is 23.0 Å². The van der Waals surface area contributed by atoms with E-state index < -0.39 is 0 Å². The van der Waals surface area contributed by atoms with Crippen LogP contribution in [0.4, 0.5) is 0 Å². The van der Waals surface area contributed by atoms with E-state index in [0.29, 0.717) is 11.9 Å². The molecule has 0 aromatic rings. The summed E-state index contributed by atoms with van der Waals surface area (Å²) < 4.78 is 0. The maximum atomic E-state index is 5.98. The Morgan fingerprint density at radius 2 is 1.69 bits per heavy atom. The van der Waals surface area contributed by atoms with Gasteiger partial charge >= 0.3 is 0 Å². The summed E-state index contributed by atoms with van der Waals surface area (Å²) in [5.74, 6) is 3.35. The number of hydrogen-bond donors (Lipinski definition) is 2. The van der Waals surface area contributed by atoms with Gasteiger partial charge in [0.2, 0.25) is 0 Å². The zero-order valence-corrected chi connectivity index (χ0v) is 17.8. The summed E-state index contributed by atoms with van der Waals surface area (Å²) in [4.78, 5) is 8.55. The van der Waals surface area contributed by atoms with E-state index in [1.807, 2.05) is 33.9 Å². The van der Waals surface area contributed by atoms with E-state index in [0.717, 1.165) is 41.9 Å². The van der Waals surface area contributed by atoms with E-state index in [-0.39, 0.29) is 0 Å². The molecule has 148 valence electrons. The highest BCUT2D eigenvalue weighted by molar-refractivity contribution is 5.98. The van der Waals surface area contributed by atoms with E-state index in [4.69, 9.17) is 11.5 Å². The molecule has 0 bridgehead atoms. The molecule has 0 radical (unpaired) electrons. The number of nitrogens with zero attached hydrogens (tertiary/aromatic N) is 2. The maximum absolute atomic E-state index is 5.98. The van der Waals surface area contributed by atoms with Crippen LogP contribution in [0.25, 0.3) is 0 Å². The second kappa shape index (κ2) is 11.3. The van der Waals surface area contributed by atoms with Crippen molar-refractivity contribution in [2.24, 2.45) is 39.2 Å². The van der Waals surface area contributed by atoms with Crippen molar-refractivity contribution in [2.75, 3.05) is 0 Å². The van der Waals surface area contributed by atoms with Crippen LogP contribution in [0.5, 0.6) is 0 Å². The summed E-state index contributed by atoms with van der Waals surface area (Å²) in [7, 11) is 0. The van der Waals surface area contributed by atoms with E-state index in [9.17, 15) is 0 Å². The molecule has 4 unspecified atom stereocenters. The first-order valence-electron chi connectivity index (χ1n) is 10.3. The van der Waals surface area contributed by atoms with Gasteiger partial charge < -0.3 is 11.5 Å². The van der Waals surface area contributed by atoms with Crippen LogP contribution < -0.4 is 11.5 Å². The molecule has 0 aromatic heterocycles. The van der Waals surface area contributed by atoms with Crippen molar-refractivity contribution in [3.8, 4) is 0 Å². The second-order valence-electron chi connectivity index (χ2n) is 8.04. The lowest BCUT2D eigenvalue weighted by atomic mass is 9.93. The Bertz CT molecular complexity index is 536. The minimum atomic E-state index is 0.484. The van der Waals surface area contributed by atoms with Gasteiger partial charge in [-0.05, 0) is 76.2 Å². The third-order valence-corrected chi connectivity index (χ3v) is 5.72. The molecule has 2 rings (SSSR count). The van der Waals surface area contributed by atoms with E-state index in [2.05, 4.69) is 23.8 Å². The first kappa shape index (κ1) is 22.6. The number of allylic oxidation sites excluding steroid dienone is 2. The molecule has 0 aromatic carbocycles. The molecule has 0 aliphatic heterocycles. The van der Waals surface area contributed by atoms with Gasteiger partial charge in [-0.25, -0.2) is 4.99 Å². The van der Waals surface area contributed by atoms with Crippen LogP contribution in [0.1, 0.15) is 80.1 Å². The minimum Gasteiger partial charge on any atom is -0.382 e. The molecule has 4 N–H and O–H groups in total. The summed E-state index contributed by atoms with van der Waals surface area (Å²) in [6.07, 6.45) is 11.1. The fraction of sp³-hybridized carbons (Fsp3) is 0.727. The van der Waals surface area contributed by atoms with E-state index >= 15 is 0 Å². The number of hydrogen-bond acceptors (Lipinski definition) is 3. The minimum absolute atomic E-state index is 0.484. The lowest BCUT2D eigenvalue weighted by Gasteiger charge is -2.14. The van der Waals surface area contributed by atoms with Gasteiger partial charge in [0.05, 0.1) is 0 Å². The molecule has 0 spiro atoms. The van der Waals surface area contributed by atoms with Crippen LogP contribution in [-0.2, 0) is 0 Å². The number of fused-ring (bicyclic) bond motifs is 1. The Labute approximate surface area is 160 Å². The molecule has 26 heavy (non-hydrogen) atoms. The largest absolute Gasteiger partial charge is 0.382 e. The summed E-state index contributed by atoms with van der Waals surface area (Å²) in [6, 6.07) is 0.551. The first-order valence-corrected chi connectivity index (χ1v) is 10.3. The second-order valence-corrected chi connectivity index (χ2v) is 8.04. The molecule has 4 nitrogen and oxygen atoms in total. The molecule has 2 aliphatic rings. The van der Waals surface area contributed by atoms with Gasteiger partial charge in [0.1, 0.15) is 11.5 Å². The fourth-order valence-corrected chi connectivity index (χ4v) is 3.90. The Balaban J connectivity index is 0.000000284. The van der Waals surface area contributed by atoms with Crippen molar-refractivity contribution in [2.45, 2.75) is 86.1 Å². The van der Waals surface area contributed by atoms with Crippen molar-refractivity contribution >= 4 is 12.1 Å². The van der Waals surface area contributed by atoms with Gasteiger partial charge in [-0.3, -0.25) is 4.99 Å². The monoisotopic (exact) mass is 360 g/mol. The number of aliphatic imine (C=N–C) groups is 2. The Kier molecular flexibility index (Phi) is 9.85. The highest BCUT2D eigenvalue weighted by Crippen LogP contribution is 2.46.